The van der Waals surface area contributed by atoms with Gasteiger partial charge in [0.25, 0.3) is 0 Å². The van der Waals surface area contributed by atoms with Crippen molar-refractivity contribution in [3.63, 3.8) is 0 Å². The van der Waals surface area contributed by atoms with Gasteiger partial charge in [0, 0.05) is 72.6 Å². The van der Waals surface area contributed by atoms with Gasteiger partial charge in [-0.2, -0.15) is 0 Å². The summed E-state index contributed by atoms with van der Waals surface area (Å²) in [5.41, 5.74) is 1.43. The molecule has 168 valence electrons. The number of ether oxygens (including phenoxy) is 1. The second-order valence-electron chi connectivity index (χ2n) is 8.82. The molecule has 3 rings (SSSR count). The quantitative estimate of drug-likeness (QED) is 0.402. The Morgan fingerprint density at radius 3 is 2.70 bits per heavy atom. The lowest BCUT2D eigenvalue weighted by molar-refractivity contribution is 0.0625. The van der Waals surface area contributed by atoms with E-state index >= 15 is 0 Å². The Hall–Kier alpha value is -1.63. The minimum Gasteiger partial charge on any atom is -0.381 e. The monoisotopic (exact) mass is 415 g/mol. The van der Waals surface area contributed by atoms with Crippen molar-refractivity contribution in [3.8, 4) is 0 Å². The zero-order chi connectivity index (χ0) is 21.2. The zero-order valence-electron chi connectivity index (χ0n) is 19.2. The van der Waals surface area contributed by atoms with E-state index in [9.17, 15) is 0 Å². The molecule has 1 aromatic rings. The first-order valence-corrected chi connectivity index (χ1v) is 11.6. The van der Waals surface area contributed by atoms with Crippen LogP contribution in [0.4, 0.5) is 0 Å². The maximum atomic E-state index is 5.48. The van der Waals surface area contributed by atoms with Crippen LogP contribution in [0, 0.1) is 5.92 Å². The summed E-state index contributed by atoms with van der Waals surface area (Å²) in [6.07, 6.45) is 4.75. The molecule has 0 saturated carbocycles. The number of guanidine groups is 1. The molecule has 6 nitrogen and oxygen atoms in total. The summed E-state index contributed by atoms with van der Waals surface area (Å²) < 4.78 is 5.48. The molecule has 2 aliphatic heterocycles. The van der Waals surface area contributed by atoms with E-state index < -0.39 is 0 Å². The van der Waals surface area contributed by atoms with Crippen LogP contribution >= 0.6 is 0 Å². The van der Waals surface area contributed by atoms with Crippen LogP contribution in [0.5, 0.6) is 0 Å². The van der Waals surface area contributed by atoms with E-state index in [1.54, 1.807) is 0 Å². The van der Waals surface area contributed by atoms with Crippen molar-refractivity contribution in [2.75, 3.05) is 73.6 Å². The van der Waals surface area contributed by atoms with Crippen LogP contribution in [0.25, 0.3) is 0 Å². The number of nitrogens with zero attached hydrogens (tertiary/aromatic N) is 4. The highest BCUT2D eigenvalue weighted by Gasteiger charge is 2.26. The van der Waals surface area contributed by atoms with Gasteiger partial charge in [-0.3, -0.25) is 9.89 Å². The van der Waals surface area contributed by atoms with Gasteiger partial charge in [0.1, 0.15) is 0 Å². The molecule has 6 heteroatoms. The molecule has 0 spiro atoms. The molecule has 30 heavy (non-hydrogen) atoms. The third-order valence-corrected chi connectivity index (χ3v) is 6.57. The first-order valence-electron chi connectivity index (χ1n) is 11.6. The largest absolute Gasteiger partial charge is 0.381 e. The lowest BCUT2D eigenvalue weighted by Crippen LogP contribution is -2.47. The van der Waals surface area contributed by atoms with Crippen molar-refractivity contribution in [1.82, 2.24) is 20.0 Å². The highest BCUT2D eigenvalue weighted by molar-refractivity contribution is 5.79. The van der Waals surface area contributed by atoms with E-state index in [4.69, 9.17) is 4.74 Å². The summed E-state index contributed by atoms with van der Waals surface area (Å²) in [6.45, 7) is 8.37. The van der Waals surface area contributed by atoms with Gasteiger partial charge in [0.05, 0.1) is 0 Å². The summed E-state index contributed by atoms with van der Waals surface area (Å²) in [6, 6.07) is 11.4. The predicted octanol–water partition coefficient (Wildman–Crippen LogP) is 2.69. The molecule has 0 bridgehead atoms. The van der Waals surface area contributed by atoms with Crippen molar-refractivity contribution in [1.29, 1.82) is 0 Å². The Morgan fingerprint density at radius 2 is 1.97 bits per heavy atom. The van der Waals surface area contributed by atoms with Crippen LogP contribution in [0.15, 0.2) is 35.3 Å². The number of piperazine rings is 1. The van der Waals surface area contributed by atoms with E-state index in [2.05, 4.69) is 69.4 Å². The SMILES string of the molecule is CN=C(NCCCN1CCN(C)CC1c1ccccc1)N(C)CCC1CCOCC1. The summed E-state index contributed by atoms with van der Waals surface area (Å²) in [4.78, 5) is 11.9. The van der Waals surface area contributed by atoms with Gasteiger partial charge in [0.2, 0.25) is 0 Å². The first-order chi connectivity index (χ1) is 14.7. The lowest BCUT2D eigenvalue weighted by Gasteiger charge is -2.40. The van der Waals surface area contributed by atoms with Crippen molar-refractivity contribution < 1.29 is 4.74 Å². The predicted molar refractivity (Wildman–Crippen MR) is 125 cm³/mol. The second-order valence-corrected chi connectivity index (χ2v) is 8.82. The molecule has 2 aliphatic rings. The average molecular weight is 416 g/mol. The van der Waals surface area contributed by atoms with Crippen molar-refractivity contribution >= 4 is 5.96 Å². The fourth-order valence-corrected chi connectivity index (χ4v) is 4.60. The van der Waals surface area contributed by atoms with E-state index in [0.29, 0.717) is 6.04 Å². The third kappa shape index (κ3) is 6.96. The molecule has 0 radical (unpaired) electrons. The summed E-state index contributed by atoms with van der Waals surface area (Å²) in [7, 11) is 6.27. The van der Waals surface area contributed by atoms with Gasteiger partial charge in [-0.05, 0) is 44.2 Å². The van der Waals surface area contributed by atoms with Crippen LogP contribution < -0.4 is 5.32 Å². The normalized spacial score (nSPS) is 22.2. The van der Waals surface area contributed by atoms with E-state index in [-0.39, 0.29) is 0 Å². The lowest BCUT2D eigenvalue weighted by atomic mass is 9.96. The zero-order valence-corrected chi connectivity index (χ0v) is 19.2. The molecule has 2 heterocycles. The number of hydrogen-bond donors (Lipinski definition) is 1. The number of rotatable bonds is 8. The molecule has 0 amide bonds. The Bertz CT molecular complexity index is 632. The topological polar surface area (TPSA) is 43.3 Å². The summed E-state index contributed by atoms with van der Waals surface area (Å²) >= 11 is 0. The molecule has 0 aromatic heterocycles. The van der Waals surface area contributed by atoms with Crippen LogP contribution in [0.3, 0.4) is 0 Å². The molecule has 2 saturated heterocycles. The van der Waals surface area contributed by atoms with Gasteiger partial charge in [-0.1, -0.05) is 30.3 Å². The smallest absolute Gasteiger partial charge is 0.193 e. The second kappa shape index (κ2) is 12.3. The number of nitrogens with one attached hydrogen (secondary N) is 1. The number of aliphatic imine (C=N–C) groups is 1. The van der Waals surface area contributed by atoms with Gasteiger partial charge in [0.15, 0.2) is 5.96 Å². The van der Waals surface area contributed by atoms with Crippen LogP contribution in [-0.4, -0.2) is 94.3 Å². The maximum absolute atomic E-state index is 5.48. The van der Waals surface area contributed by atoms with Crippen molar-refractivity contribution in [3.05, 3.63) is 35.9 Å². The molecular formula is C24H41N5O. The maximum Gasteiger partial charge on any atom is 0.193 e. The molecule has 1 aromatic carbocycles. The van der Waals surface area contributed by atoms with Crippen LogP contribution in [-0.2, 0) is 4.74 Å². The van der Waals surface area contributed by atoms with Crippen molar-refractivity contribution in [2.24, 2.45) is 10.9 Å². The van der Waals surface area contributed by atoms with Crippen molar-refractivity contribution in [2.45, 2.75) is 31.7 Å². The van der Waals surface area contributed by atoms with E-state index in [1.165, 1.54) is 24.8 Å². The number of hydrogen-bond acceptors (Lipinski definition) is 4. The highest BCUT2D eigenvalue weighted by atomic mass is 16.5. The average Bonchev–Trinajstić information content (AvgIpc) is 2.79. The van der Waals surface area contributed by atoms with Crippen LogP contribution in [0.2, 0.25) is 0 Å². The third-order valence-electron chi connectivity index (χ3n) is 6.57. The molecule has 2 fully saturated rings. The summed E-state index contributed by atoms with van der Waals surface area (Å²) in [5.74, 6) is 1.81. The standard InChI is InChI=1S/C24H41N5O/c1-25-24(28(3)15-10-21-11-18-30-19-12-21)26-13-7-14-29-17-16-27(2)20-23(29)22-8-5-4-6-9-22/h4-6,8-9,21,23H,7,10-20H2,1-3H3,(H,25,26). The Kier molecular flexibility index (Phi) is 9.43. The van der Waals surface area contributed by atoms with E-state index in [0.717, 1.165) is 70.8 Å². The van der Waals surface area contributed by atoms with Gasteiger partial charge >= 0.3 is 0 Å². The fourth-order valence-electron chi connectivity index (χ4n) is 4.60. The van der Waals surface area contributed by atoms with Crippen LogP contribution in [0.1, 0.15) is 37.3 Å². The van der Waals surface area contributed by atoms with Gasteiger partial charge < -0.3 is 19.9 Å². The van der Waals surface area contributed by atoms with Gasteiger partial charge in [-0.25, -0.2) is 0 Å². The molecule has 1 N–H and O–H groups in total. The number of likely N-dealkylation sites (N-methyl/N-ethyl adjacent to an activating group) is 1. The Balaban J connectivity index is 1.40. The first kappa shape index (κ1) is 23.0. The Labute approximate surface area is 183 Å². The molecular weight excluding hydrogens is 374 g/mol. The minimum absolute atomic E-state index is 0.492. The summed E-state index contributed by atoms with van der Waals surface area (Å²) in [5, 5.41) is 3.57. The van der Waals surface area contributed by atoms with Gasteiger partial charge in [-0.15, -0.1) is 0 Å². The van der Waals surface area contributed by atoms with E-state index in [1.807, 2.05) is 7.05 Å². The molecule has 0 aliphatic carbocycles. The molecule has 1 unspecified atom stereocenters. The highest BCUT2D eigenvalue weighted by Crippen LogP contribution is 2.24. The molecule has 1 atom stereocenters. The fraction of sp³-hybridized carbons (Fsp3) is 0.708. The minimum atomic E-state index is 0.492. The number of benzene rings is 1. The Morgan fingerprint density at radius 1 is 1.20 bits per heavy atom.